The predicted molar refractivity (Wildman–Crippen MR) is 97.1 cm³/mol. The second-order valence-electron chi connectivity index (χ2n) is 6.86. The molecule has 2 saturated carbocycles. The molecule has 4 heteroatoms. The summed E-state index contributed by atoms with van der Waals surface area (Å²) in [6.45, 7) is 3.86. The lowest BCUT2D eigenvalue weighted by atomic mass is 9.95. The number of hydrogen-bond donors (Lipinski definition) is 4. The summed E-state index contributed by atoms with van der Waals surface area (Å²) in [7, 11) is 0. The van der Waals surface area contributed by atoms with E-state index in [9.17, 15) is 0 Å². The molecule has 0 aromatic rings. The molecule has 0 saturated heterocycles. The minimum atomic E-state index is 0.801. The average molecular weight is 313 g/mol. The zero-order valence-electron chi connectivity index (χ0n) is 14.6. The molecule has 6 N–H and O–H groups in total. The Balaban J connectivity index is 0.000000220. The van der Waals surface area contributed by atoms with Crippen molar-refractivity contribution >= 4 is 0 Å². The van der Waals surface area contributed by atoms with Gasteiger partial charge in [-0.15, -0.1) is 0 Å². The van der Waals surface area contributed by atoms with Crippen LogP contribution in [0.1, 0.15) is 77.0 Å². The molecular formula is C18H40N4. The van der Waals surface area contributed by atoms with Crippen LogP contribution in [-0.2, 0) is 0 Å². The molecule has 0 unspecified atom stereocenters. The van der Waals surface area contributed by atoms with Gasteiger partial charge < -0.3 is 22.1 Å². The highest BCUT2D eigenvalue weighted by molar-refractivity contribution is 4.72. The van der Waals surface area contributed by atoms with Crippen molar-refractivity contribution in [2.24, 2.45) is 11.5 Å². The van der Waals surface area contributed by atoms with Crippen molar-refractivity contribution in [2.75, 3.05) is 26.2 Å². The van der Waals surface area contributed by atoms with Gasteiger partial charge in [0.05, 0.1) is 0 Å². The highest BCUT2D eigenvalue weighted by atomic mass is 14.9. The van der Waals surface area contributed by atoms with Crippen LogP contribution in [0.15, 0.2) is 0 Å². The van der Waals surface area contributed by atoms with Crippen molar-refractivity contribution in [3.8, 4) is 0 Å². The first-order valence-corrected chi connectivity index (χ1v) is 9.73. The Kier molecular flexibility index (Phi) is 13.0. The van der Waals surface area contributed by atoms with Gasteiger partial charge in [0.25, 0.3) is 0 Å². The summed E-state index contributed by atoms with van der Waals surface area (Å²) in [6.07, 6.45) is 16.3. The van der Waals surface area contributed by atoms with E-state index in [1.165, 1.54) is 64.2 Å². The summed E-state index contributed by atoms with van der Waals surface area (Å²) in [4.78, 5) is 0. The third kappa shape index (κ3) is 10.5. The Morgan fingerprint density at radius 1 is 0.591 bits per heavy atom. The normalized spacial score (nSPS) is 20.5. The lowest BCUT2D eigenvalue weighted by Gasteiger charge is -2.22. The fourth-order valence-corrected chi connectivity index (χ4v) is 3.43. The van der Waals surface area contributed by atoms with Crippen LogP contribution >= 0.6 is 0 Å². The Labute approximate surface area is 138 Å². The molecule has 2 aliphatic carbocycles. The maximum Gasteiger partial charge on any atom is 0.00670 e. The smallest absolute Gasteiger partial charge is 0.00670 e. The maximum absolute atomic E-state index is 5.40. The van der Waals surface area contributed by atoms with Crippen LogP contribution in [0, 0.1) is 0 Å². The molecule has 0 aliphatic heterocycles. The molecular weight excluding hydrogens is 272 g/mol. The van der Waals surface area contributed by atoms with E-state index in [0.717, 1.165) is 51.1 Å². The van der Waals surface area contributed by atoms with Crippen LogP contribution in [0.25, 0.3) is 0 Å². The molecule has 0 bridgehead atoms. The van der Waals surface area contributed by atoms with E-state index in [2.05, 4.69) is 10.6 Å². The quantitative estimate of drug-likeness (QED) is 0.520. The molecule has 22 heavy (non-hydrogen) atoms. The van der Waals surface area contributed by atoms with Crippen LogP contribution in [0.3, 0.4) is 0 Å². The molecule has 0 aromatic carbocycles. The van der Waals surface area contributed by atoms with E-state index < -0.39 is 0 Å². The summed E-state index contributed by atoms with van der Waals surface area (Å²) in [5.41, 5.74) is 10.8. The standard InChI is InChI=1S/2C9H20N2/c2*10-7-4-8-11-9-5-2-1-3-6-9/h2*9,11H,1-8,10H2. The van der Waals surface area contributed by atoms with Gasteiger partial charge in [-0.2, -0.15) is 0 Å². The SMILES string of the molecule is NCCCNC1CCCCC1.NCCCNC1CCCCC1. The first-order chi connectivity index (χ1) is 10.9. The average Bonchev–Trinajstić information content (AvgIpc) is 2.58. The Morgan fingerprint density at radius 2 is 0.955 bits per heavy atom. The fourth-order valence-electron chi connectivity index (χ4n) is 3.43. The van der Waals surface area contributed by atoms with Crippen molar-refractivity contribution in [3.05, 3.63) is 0 Å². The summed E-state index contributed by atoms with van der Waals surface area (Å²) >= 11 is 0. The summed E-state index contributed by atoms with van der Waals surface area (Å²) in [5, 5.41) is 7.09. The molecule has 2 fully saturated rings. The molecule has 0 spiro atoms. The first-order valence-electron chi connectivity index (χ1n) is 9.73. The number of nitrogens with two attached hydrogens (primary N) is 2. The lowest BCUT2D eigenvalue weighted by molar-refractivity contribution is 0.373. The zero-order valence-corrected chi connectivity index (χ0v) is 14.6. The van der Waals surface area contributed by atoms with Crippen molar-refractivity contribution in [2.45, 2.75) is 89.1 Å². The van der Waals surface area contributed by atoms with E-state index in [-0.39, 0.29) is 0 Å². The molecule has 2 aliphatic rings. The highest BCUT2D eigenvalue weighted by Crippen LogP contribution is 2.17. The predicted octanol–water partition coefficient (Wildman–Crippen LogP) is 2.52. The van der Waals surface area contributed by atoms with Crippen molar-refractivity contribution in [1.29, 1.82) is 0 Å². The van der Waals surface area contributed by atoms with Gasteiger partial charge in [-0.1, -0.05) is 38.5 Å². The lowest BCUT2D eigenvalue weighted by Crippen LogP contribution is -2.32. The maximum atomic E-state index is 5.40. The van der Waals surface area contributed by atoms with Gasteiger partial charge >= 0.3 is 0 Å². The topological polar surface area (TPSA) is 76.1 Å². The molecule has 2 rings (SSSR count). The molecule has 0 aromatic heterocycles. The van der Waals surface area contributed by atoms with Crippen LogP contribution in [-0.4, -0.2) is 38.3 Å². The van der Waals surface area contributed by atoms with Gasteiger partial charge in [0.15, 0.2) is 0 Å². The van der Waals surface area contributed by atoms with Crippen molar-refractivity contribution < 1.29 is 0 Å². The van der Waals surface area contributed by atoms with E-state index in [4.69, 9.17) is 11.5 Å². The molecule has 4 nitrogen and oxygen atoms in total. The number of hydrogen-bond acceptors (Lipinski definition) is 4. The molecule has 0 radical (unpaired) electrons. The Hall–Kier alpha value is -0.160. The molecule has 0 amide bonds. The van der Waals surface area contributed by atoms with Gasteiger partial charge in [0.1, 0.15) is 0 Å². The minimum Gasteiger partial charge on any atom is -0.330 e. The highest BCUT2D eigenvalue weighted by Gasteiger charge is 2.11. The molecule has 132 valence electrons. The zero-order chi connectivity index (χ0) is 15.9. The van der Waals surface area contributed by atoms with Gasteiger partial charge in [0, 0.05) is 12.1 Å². The van der Waals surface area contributed by atoms with Crippen LogP contribution in [0.2, 0.25) is 0 Å². The second kappa shape index (κ2) is 14.4. The largest absolute Gasteiger partial charge is 0.330 e. The van der Waals surface area contributed by atoms with Crippen molar-refractivity contribution in [3.63, 3.8) is 0 Å². The molecule has 0 atom stereocenters. The third-order valence-electron chi connectivity index (χ3n) is 4.84. The van der Waals surface area contributed by atoms with Crippen molar-refractivity contribution in [1.82, 2.24) is 10.6 Å². The first kappa shape index (κ1) is 19.9. The summed E-state index contributed by atoms with van der Waals surface area (Å²) in [6, 6.07) is 1.60. The van der Waals surface area contributed by atoms with E-state index >= 15 is 0 Å². The van der Waals surface area contributed by atoms with Crippen LogP contribution in [0.4, 0.5) is 0 Å². The minimum absolute atomic E-state index is 0.801. The second-order valence-corrected chi connectivity index (χ2v) is 6.86. The van der Waals surface area contributed by atoms with Crippen LogP contribution in [0.5, 0.6) is 0 Å². The fraction of sp³-hybridized carbons (Fsp3) is 1.00. The van der Waals surface area contributed by atoms with Gasteiger partial charge in [-0.3, -0.25) is 0 Å². The monoisotopic (exact) mass is 312 g/mol. The van der Waals surface area contributed by atoms with Crippen LogP contribution < -0.4 is 22.1 Å². The third-order valence-corrected chi connectivity index (χ3v) is 4.84. The molecule has 0 heterocycles. The van der Waals surface area contributed by atoms with E-state index in [0.29, 0.717) is 0 Å². The number of nitrogens with one attached hydrogen (secondary N) is 2. The van der Waals surface area contributed by atoms with Gasteiger partial charge in [-0.05, 0) is 64.7 Å². The summed E-state index contributed by atoms with van der Waals surface area (Å²) in [5.74, 6) is 0. The Morgan fingerprint density at radius 3 is 1.27 bits per heavy atom. The van der Waals surface area contributed by atoms with Gasteiger partial charge in [-0.25, -0.2) is 0 Å². The number of rotatable bonds is 8. The van der Waals surface area contributed by atoms with Gasteiger partial charge in [0.2, 0.25) is 0 Å². The summed E-state index contributed by atoms with van der Waals surface area (Å²) < 4.78 is 0. The van der Waals surface area contributed by atoms with E-state index in [1.807, 2.05) is 0 Å². The Bertz CT molecular complexity index is 199. The van der Waals surface area contributed by atoms with E-state index in [1.54, 1.807) is 0 Å².